The number of carbonyl (C=O) groups excluding carboxylic acids is 2. The molecule has 10 heteroatoms. The molecule has 3 rings (SSSR count). The molecule has 0 bridgehead atoms. The van der Waals surface area contributed by atoms with E-state index in [0.29, 0.717) is 5.17 Å². The quantitative estimate of drug-likeness (QED) is 0.769. The molecule has 2 aliphatic heterocycles. The highest BCUT2D eigenvalue weighted by Crippen LogP contribution is 2.41. The summed E-state index contributed by atoms with van der Waals surface area (Å²) in [6, 6.07) is 7.32. The number of aryl methyl sites for hydroxylation is 1. The molecule has 1 aromatic rings. The van der Waals surface area contributed by atoms with Crippen molar-refractivity contribution in [3.05, 3.63) is 29.8 Å². The first kappa shape index (κ1) is 21.6. The number of aliphatic imine (C=N–C) groups is 1. The maximum atomic E-state index is 12.4. The molecule has 2 saturated heterocycles. The molecule has 2 heterocycles. The summed E-state index contributed by atoms with van der Waals surface area (Å²) in [5.41, 5.74) is 1.13. The van der Waals surface area contributed by atoms with Crippen molar-refractivity contribution in [2.24, 2.45) is 4.99 Å². The first-order chi connectivity index (χ1) is 13.5. The van der Waals surface area contributed by atoms with Crippen molar-refractivity contribution in [1.29, 1.82) is 0 Å². The SMILES string of the molecule is Cc1ccccc1N1C(=NC(=O)CNC(=O)OC(C)(C)C)S[C@@H]2CS(=O)(=O)C[C@H]21. The second kappa shape index (κ2) is 7.98. The average molecular weight is 440 g/mol. The van der Waals surface area contributed by atoms with Gasteiger partial charge in [0, 0.05) is 10.9 Å². The van der Waals surface area contributed by atoms with Crippen LogP contribution in [-0.2, 0) is 19.4 Å². The van der Waals surface area contributed by atoms with E-state index >= 15 is 0 Å². The minimum atomic E-state index is -3.13. The zero-order chi connectivity index (χ0) is 21.4. The van der Waals surface area contributed by atoms with E-state index in [9.17, 15) is 18.0 Å². The van der Waals surface area contributed by atoms with Crippen molar-refractivity contribution < 1.29 is 22.7 Å². The molecule has 2 aliphatic rings. The van der Waals surface area contributed by atoms with Gasteiger partial charge >= 0.3 is 6.09 Å². The number of rotatable bonds is 3. The number of amides is 2. The zero-order valence-electron chi connectivity index (χ0n) is 16.8. The van der Waals surface area contributed by atoms with Gasteiger partial charge in [-0.15, -0.1) is 0 Å². The van der Waals surface area contributed by atoms with Crippen LogP contribution in [0.1, 0.15) is 26.3 Å². The molecule has 0 aliphatic carbocycles. The normalized spacial score (nSPS) is 24.4. The van der Waals surface area contributed by atoms with Gasteiger partial charge in [-0.25, -0.2) is 13.2 Å². The predicted molar refractivity (Wildman–Crippen MR) is 114 cm³/mol. The number of fused-ring (bicyclic) bond motifs is 1. The van der Waals surface area contributed by atoms with Crippen LogP contribution in [0.4, 0.5) is 10.5 Å². The van der Waals surface area contributed by atoms with Crippen LogP contribution in [-0.4, -0.2) is 60.5 Å². The molecule has 0 unspecified atom stereocenters. The van der Waals surface area contributed by atoms with Crippen LogP contribution in [0.15, 0.2) is 29.3 Å². The second-order valence-corrected chi connectivity index (χ2v) is 11.5. The minimum absolute atomic E-state index is 0.0301. The highest BCUT2D eigenvalue weighted by atomic mass is 32.2. The number of carbonyl (C=O) groups is 2. The Morgan fingerprint density at radius 2 is 1.97 bits per heavy atom. The van der Waals surface area contributed by atoms with Gasteiger partial charge in [0.1, 0.15) is 12.1 Å². The van der Waals surface area contributed by atoms with E-state index in [1.54, 1.807) is 20.8 Å². The Bertz CT molecular complexity index is 953. The summed E-state index contributed by atoms with van der Waals surface area (Å²) in [5.74, 6) is -0.434. The fourth-order valence-corrected chi connectivity index (χ4v) is 7.21. The Labute approximate surface area is 175 Å². The number of hydrogen-bond acceptors (Lipinski definition) is 6. The summed E-state index contributed by atoms with van der Waals surface area (Å²) in [6.45, 7) is 6.83. The lowest BCUT2D eigenvalue weighted by Crippen LogP contribution is -2.39. The van der Waals surface area contributed by atoms with E-state index in [0.717, 1.165) is 11.3 Å². The van der Waals surface area contributed by atoms with Crippen molar-refractivity contribution >= 4 is 44.5 Å². The molecule has 0 spiro atoms. The smallest absolute Gasteiger partial charge is 0.408 e. The van der Waals surface area contributed by atoms with E-state index in [2.05, 4.69) is 10.3 Å². The first-order valence-corrected chi connectivity index (χ1v) is 12.0. The number of alkyl carbamates (subject to hydrolysis) is 1. The summed E-state index contributed by atoms with van der Waals surface area (Å²) < 4.78 is 29.4. The van der Waals surface area contributed by atoms with Gasteiger partial charge in [0.2, 0.25) is 0 Å². The molecular weight excluding hydrogens is 414 g/mol. The van der Waals surface area contributed by atoms with Gasteiger partial charge in [-0.2, -0.15) is 4.99 Å². The van der Waals surface area contributed by atoms with Crippen molar-refractivity contribution in [3.63, 3.8) is 0 Å². The number of para-hydroxylation sites is 1. The van der Waals surface area contributed by atoms with Gasteiger partial charge in [-0.3, -0.25) is 4.79 Å². The van der Waals surface area contributed by atoms with Crippen LogP contribution in [0.3, 0.4) is 0 Å². The fraction of sp³-hybridized carbons (Fsp3) is 0.526. The van der Waals surface area contributed by atoms with E-state index in [1.807, 2.05) is 36.1 Å². The highest BCUT2D eigenvalue weighted by Gasteiger charge is 2.49. The summed E-state index contributed by atoms with van der Waals surface area (Å²) >= 11 is 1.30. The number of thioether (sulfide) groups is 1. The number of amidine groups is 1. The Kier molecular flexibility index (Phi) is 5.96. The summed E-state index contributed by atoms with van der Waals surface area (Å²) in [6.07, 6.45) is -0.691. The van der Waals surface area contributed by atoms with Gasteiger partial charge in [0.15, 0.2) is 15.0 Å². The van der Waals surface area contributed by atoms with Crippen LogP contribution in [0.25, 0.3) is 0 Å². The number of hydrogen-bond donors (Lipinski definition) is 1. The largest absolute Gasteiger partial charge is 0.444 e. The van der Waals surface area contributed by atoms with E-state index in [-0.39, 0.29) is 29.3 Å². The average Bonchev–Trinajstić information content (AvgIpc) is 3.03. The number of nitrogens with one attached hydrogen (secondary N) is 1. The van der Waals surface area contributed by atoms with Crippen LogP contribution < -0.4 is 10.2 Å². The van der Waals surface area contributed by atoms with Crippen LogP contribution in [0.5, 0.6) is 0 Å². The van der Waals surface area contributed by atoms with Gasteiger partial charge in [0.05, 0.1) is 17.5 Å². The minimum Gasteiger partial charge on any atom is -0.444 e. The van der Waals surface area contributed by atoms with Gasteiger partial charge < -0.3 is 15.0 Å². The molecule has 2 fully saturated rings. The Morgan fingerprint density at radius 1 is 1.28 bits per heavy atom. The number of benzene rings is 1. The molecule has 0 radical (unpaired) electrons. The molecule has 2 amide bonds. The number of anilines is 1. The maximum absolute atomic E-state index is 12.4. The lowest BCUT2D eigenvalue weighted by atomic mass is 10.1. The van der Waals surface area contributed by atoms with Gasteiger partial charge in [-0.05, 0) is 39.3 Å². The molecule has 0 aromatic heterocycles. The highest BCUT2D eigenvalue weighted by molar-refractivity contribution is 8.16. The van der Waals surface area contributed by atoms with Gasteiger partial charge in [0.25, 0.3) is 5.91 Å². The number of nitrogens with zero attached hydrogens (tertiary/aromatic N) is 2. The third-order valence-electron chi connectivity index (χ3n) is 4.44. The van der Waals surface area contributed by atoms with Crippen LogP contribution >= 0.6 is 11.8 Å². The molecule has 2 atom stereocenters. The summed E-state index contributed by atoms with van der Waals surface area (Å²) in [5, 5.41) is 2.68. The molecule has 1 aromatic carbocycles. The predicted octanol–water partition coefficient (Wildman–Crippen LogP) is 2.12. The zero-order valence-corrected chi connectivity index (χ0v) is 18.5. The fourth-order valence-electron chi connectivity index (χ4n) is 3.29. The monoisotopic (exact) mass is 439 g/mol. The summed E-state index contributed by atoms with van der Waals surface area (Å²) in [7, 11) is -3.13. The third kappa shape index (κ3) is 5.30. The Hall–Kier alpha value is -2.07. The Balaban J connectivity index is 1.79. The molecule has 0 saturated carbocycles. The van der Waals surface area contributed by atoms with E-state index in [4.69, 9.17) is 4.74 Å². The Morgan fingerprint density at radius 3 is 2.62 bits per heavy atom. The van der Waals surface area contributed by atoms with Gasteiger partial charge in [-0.1, -0.05) is 30.0 Å². The lowest BCUT2D eigenvalue weighted by molar-refractivity contribution is -0.117. The molecule has 158 valence electrons. The maximum Gasteiger partial charge on any atom is 0.408 e. The molecule has 29 heavy (non-hydrogen) atoms. The van der Waals surface area contributed by atoms with Crippen molar-refractivity contribution in [2.45, 2.75) is 44.6 Å². The third-order valence-corrected chi connectivity index (χ3v) is 7.65. The summed E-state index contributed by atoms with van der Waals surface area (Å²) in [4.78, 5) is 30.1. The molecule has 1 N–H and O–H groups in total. The first-order valence-electron chi connectivity index (χ1n) is 9.25. The number of ether oxygens (including phenoxy) is 1. The van der Waals surface area contributed by atoms with Crippen LogP contribution in [0, 0.1) is 6.92 Å². The lowest BCUT2D eigenvalue weighted by Gasteiger charge is -2.26. The van der Waals surface area contributed by atoms with E-state index in [1.165, 1.54) is 11.8 Å². The topological polar surface area (TPSA) is 105 Å². The molecule has 8 nitrogen and oxygen atoms in total. The van der Waals surface area contributed by atoms with E-state index < -0.39 is 27.4 Å². The number of sulfone groups is 1. The van der Waals surface area contributed by atoms with Crippen molar-refractivity contribution in [2.75, 3.05) is 23.0 Å². The second-order valence-electron chi connectivity index (χ2n) is 8.10. The molecular formula is C19H25N3O5S2. The van der Waals surface area contributed by atoms with Crippen molar-refractivity contribution in [1.82, 2.24) is 5.32 Å². The van der Waals surface area contributed by atoms with Crippen molar-refractivity contribution in [3.8, 4) is 0 Å². The van der Waals surface area contributed by atoms with Crippen LogP contribution in [0.2, 0.25) is 0 Å². The standard InChI is InChI=1S/C19H25N3O5S2/c1-12-7-5-6-8-13(12)22-14-10-29(25,26)11-15(14)28-17(22)21-16(23)9-20-18(24)27-19(2,3)4/h5-8,14-15H,9-11H2,1-4H3,(H,20,24)/t14-,15-/m1/s1.